The number of fused-ring (bicyclic) bond motifs is 4. The first-order valence-electron chi connectivity index (χ1n) is 9.81. The smallest absolute Gasteiger partial charge is 0.134 e. The van der Waals surface area contributed by atoms with Crippen molar-refractivity contribution in [3.05, 3.63) is 71.1 Å². The van der Waals surface area contributed by atoms with Crippen LogP contribution in [0.5, 0.6) is 0 Å². The van der Waals surface area contributed by atoms with Gasteiger partial charge in [0.05, 0.1) is 18.7 Å². The minimum absolute atomic E-state index is 0.0726. The zero-order valence-corrected chi connectivity index (χ0v) is 16.6. The number of aliphatic hydroxyl groups is 1. The van der Waals surface area contributed by atoms with Crippen molar-refractivity contribution in [2.45, 2.75) is 25.3 Å². The van der Waals surface area contributed by atoms with Gasteiger partial charge in [0.1, 0.15) is 11.3 Å². The highest BCUT2D eigenvalue weighted by Crippen LogP contribution is 2.30. The van der Waals surface area contributed by atoms with Crippen LogP contribution >= 0.6 is 11.8 Å². The molecule has 5 rings (SSSR count). The Kier molecular flexibility index (Phi) is 4.89. The topological polar surface area (TPSA) is 52.4 Å². The largest absolute Gasteiger partial charge is 0.459 e. The standard InChI is InChI=1S/C23H24N2O2S/c26-14-16-4-3-6-18-17(12-24-23(16)18)15-28-11-10-25-9-8-20-19-5-1-2-7-21(19)27-22(20)13-25/h1-7,12,24,26H,8-11,13-15H2. The van der Waals surface area contributed by atoms with Crippen molar-refractivity contribution < 1.29 is 9.52 Å². The normalized spacial score (nSPS) is 14.8. The molecule has 0 unspecified atom stereocenters. The van der Waals surface area contributed by atoms with Gasteiger partial charge in [-0.3, -0.25) is 4.90 Å². The van der Waals surface area contributed by atoms with Crippen LogP contribution in [-0.2, 0) is 25.3 Å². The third kappa shape index (κ3) is 3.24. The van der Waals surface area contributed by atoms with Crippen LogP contribution in [0.3, 0.4) is 0 Å². The van der Waals surface area contributed by atoms with E-state index in [0.29, 0.717) is 0 Å². The lowest BCUT2D eigenvalue weighted by atomic mass is 10.0. The highest BCUT2D eigenvalue weighted by Gasteiger charge is 2.22. The third-order valence-electron chi connectivity index (χ3n) is 5.69. The van der Waals surface area contributed by atoms with Gasteiger partial charge < -0.3 is 14.5 Å². The van der Waals surface area contributed by atoms with Crippen molar-refractivity contribution in [3.8, 4) is 0 Å². The van der Waals surface area contributed by atoms with Gasteiger partial charge in [-0.1, -0.05) is 36.4 Å². The number of furan rings is 1. The Balaban J connectivity index is 1.18. The molecule has 0 radical (unpaired) electrons. The molecular weight excluding hydrogens is 368 g/mol. The second kappa shape index (κ2) is 7.66. The average molecular weight is 393 g/mol. The van der Waals surface area contributed by atoms with Gasteiger partial charge in [-0.15, -0.1) is 0 Å². The van der Waals surface area contributed by atoms with Crippen molar-refractivity contribution >= 4 is 33.6 Å². The Hall–Kier alpha value is -2.21. The molecule has 0 saturated heterocycles. The summed E-state index contributed by atoms with van der Waals surface area (Å²) in [4.78, 5) is 5.82. The minimum atomic E-state index is 0.0726. The van der Waals surface area contributed by atoms with E-state index in [0.717, 1.165) is 60.0 Å². The Labute approximate surface area is 168 Å². The highest BCUT2D eigenvalue weighted by molar-refractivity contribution is 7.98. The fraction of sp³-hybridized carbons (Fsp3) is 0.304. The molecule has 1 aliphatic rings. The van der Waals surface area contributed by atoms with Crippen LogP contribution in [0.2, 0.25) is 0 Å². The van der Waals surface area contributed by atoms with Crippen LogP contribution in [0, 0.1) is 0 Å². The quantitative estimate of drug-likeness (QED) is 0.467. The summed E-state index contributed by atoms with van der Waals surface area (Å²) in [6, 6.07) is 14.5. The molecule has 28 heavy (non-hydrogen) atoms. The van der Waals surface area contributed by atoms with E-state index in [9.17, 15) is 5.11 Å². The maximum Gasteiger partial charge on any atom is 0.134 e. The lowest BCUT2D eigenvalue weighted by Gasteiger charge is -2.25. The molecule has 1 aliphatic heterocycles. The molecular formula is C23H24N2O2S. The molecule has 144 valence electrons. The van der Waals surface area contributed by atoms with Crippen molar-refractivity contribution in [3.63, 3.8) is 0 Å². The van der Waals surface area contributed by atoms with E-state index >= 15 is 0 Å². The van der Waals surface area contributed by atoms with Crippen LogP contribution in [0.25, 0.3) is 21.9 Å². The molecule has 2 aromatic carbocycles. The van der Waals surface area contributed by atoms with Gasteiger partial charge in [-0.05, 0) is 18.1 Å². The number of para-hydroxylation sites is 2. The van der Waals surface area contributed by atoms with E-state index < -0.39 is 0 Å². The maximum absolute atomic E-state index is 9.48. The highest BCUT2D eigenvalue weighted by atomic mass is 32.2. The number of thioether (sulfide) groups is 1. The molecule has 0 aliphatic carbocycles. The van der Waals surface area contributed by atoms with Gasteiger partial charge in [0, 0.05) is 52.7 Å². The molecule has 3 heterocycles. The number of nitrogens with zero attached hydrogens (tertiary/aromatic N) is 1. The maximum atomic E-state index is 9.48. The summed E-state index contributed by atoms with van der Waals surface area (Å²) in [6.45, 7) is 3.16. The van der Waals surface area contributed by atoms with Crippen molar-refractivity contribution in [2.24, 2.45) is 0 Å². The number of aliphatic hydroxyl groups excluding tert-OH is 1. The number of benzene rings is 2. The number of aromatic amines is 1. The van der Waals surface area contributed by atoms with Crippen LogP contribution in [0.4, 0.5) is 0 Å². The van der Waals surface area contributed by atoms with Gasteiger partial charge in [0.15, 0.2) is 0 Å². The summed E-state index contributed by atoms with van der Waals surface area (Å²) < 4.78 is 6.08. The van der Waals surface area contributed by atoms with Gasteiger partial charge in [-0.2, -0.15) is 11.8 Å². The zero-order chi connectivity index (χ0) is 18.9. The Bertz CT molecular complexity index is 1110. The van der Waals surface area contributed by atoms with Crippen LogP contribution in [0.15, 0.2) is 53.1 Å². The molecule has 0 atom stereocenters. The first-order valence-corrected chi connectivity index (χ1v) is 11.0. The fourth-order valence-electron chi connectivity index (χ4n) is 4.20. The van der Waals surface area contributed by atoms with E-state index in [1.54, 1.807) is 0 Å². The molecule has 0 bridgehead atoms. The Morgan fingerprint density at radius 3 is 2.89 bits per heavy atom. The monoisotopic (exact) mass is 392 g/mol. The second-order valence-electron chi connectivity index (χ2n) is 7.39. The molecule has 2 N–H and O–H groups in total. The molecule has 2 aromatic heterocycles. The van der Waals surface area contributed by atoms with E-state index in [-0.39, 0.29) is 6.61 Å². The molecule has 4 aromatic rings. The third-order valence-corrected chi connectivity index (χ3v) is 6.68. The van der Waals surface area contributed by atoms with Crippen molar-refractivity contribution in [2.75, 3.05) is 18.8 Å². The number of hydrogen-bond acceptors (Lipinski definition) is 4. The average Bonchev–Trinajstić information content (AvgIpc) is 3.32. The predicted molar refractivity (Wildman–Crippen MR) is 116 cm³/mol. The summed E-state index contributed by atoms with van der Waals surface area (Å²) in [5.41, 5.74) is 5.76. The summed E-state index contributed by atoms with van der Waals surface area (Å²) in [6.07, 6.45) is 3.15. The van der Waals surface area contributed by atoms with Gasteiger partial charge in [0.2, 0.25) is 0 Å². The molecule has 5 heteroatoms. The fourth-order valence-corrected chi connectivity index (χ4v) is 5.19. The van der Waals surface area contributed by atoms with E-state index in [2.05, 4.69) is 40.3 Å². The van der Waals surface area contributed by atoms with E-state index in [1.165, 1.54) is 21.9 Å². The first kappa shape index (κ1) is 17.9. The lowest BCUT2D eigenvalue weighted by Crippen LogP contribution is -2.31. The molecule has 0 saturated carbocycles. The number of aromatic nitrogens is 1. The Morgan fingerprint density at radius 1 is 1.07 bits per heavy atom. The molecule has 0 spiro atoms. The molecule has 0 fully saturated rings. The number of nitrogens with one attached hydrogen (secondary N) is 1. The minimum Gasteiger partial charge on any atom is -0.459 e. The summed E-state index contributed by atoms with van der Waals surface area (Å²) in [5, 5.41) is 12.0. The second-order valence-corrected chi connectivity index (χ2v) is 8.50. The first-order chi connectivity index (χ1) is 13.8. The predicted octanol–water partition coefficient (Wildman–Crippen LogP) is 4.70. The Morgan fingerprint density at radius 2 is 1.96 bits per heavy atom. The lowest BCUT2D eigenvalue weighted by molar-refractivity contribution is 0.245. The number of H-pyrrole nitrogens is 1. The van der Waals surface area contributed by atoms with Crippen LogP contribution < -0.4 is 0 Å². The van der Waals surface area contributed by atoms with E-state index in [1.807, 2.05) is 30.0 Å². The SMILES string of the molecule is OCc1cccc2c(CSCCN3CCc4c(oc5ccccc45)C3)c[nH]c12. The van der Waals surface area contributed by atoms with Gasteiger partial charge in [-0.25, -0.2) is 0 Å². The molecule has 0 amide bonds. The number of hydrogen-bond donors (Lipinski definition) is 2. The summed E-state index contributed by atoms with van der Waals surface area (Å²) in [7, 11) is 0. The van der Waals surface area contributed by atoms with Crippen molar-refractivity contribution in [1.29, 1.82) is 0 Å². The van der Waals surface area contributed by atoms with Crippen LogP contribution in [0.1, 0.15) is 22.5 Å². The summed E-state index contributed by atoms with van der Waals surface area (Å²) in [5.74, 6) is 3.23. The van der Waals surface area contributed by atoms with Crippen molar-refractivity contribution in [1.82, 2.24) is 9.88 Å². The van der Waals surface area contributed by atoms with Crippen LogP contribution in [-0.4, -0.2) is 33.8 Å². The van der Waals surface area contributed by atoms with Gasteiger partial charge in [0.25, 0.3) is 0 Å². The molecule has 4 nitrogen and oxygen atoms in total. The summed E-state index contributed by atoms with van der Waals surface area (Å²) >= 11 is 1.96. The van der Waals surface area contributed by atoms with Gasteiger partial charge >= 0.3 is 0 Å². The number of rotatable bonds is 6. The zero-order valence-electron chi connectivity index (χ0n) is 15.8. The van der Waals surface area contributed by atoms with E-state index in [4.69, 9.17) is 4.42 Å².